The van der Waals surface area contributed by atoms with E-state index in [1.165, 1.54) is 13.8 Å². The fourth-order valence-corrected chi connectivity index (χ4v) is 1.94. The maximum absolute atomic E-state index is 12.2. The van der Waals surface area contributed by atoms with Crippen molar-refractivity contribution in [2.24, 2.45) is 0 Å². The summed E-state index contributed by atoms with van der Waals surface area (Å²) >= 11 is 0. The summed E-state index contributed by atoms with van der Waals surface area (Å²) in [5.74, 6) is -1.66. The fraction of sp³-hybridized carbons (Fsp3) is 0.385. The Bertz CT molecular complexity index is 582. The molecule has 1 rings (SSSR count). The second kappa shape index (κ2) is 4.91. The first kappa shape index (κ1) is 14.4. The molecule has 18 heavy (non-hydrogen) atoms. The van der Waals surface area contributed by atoms with Crippen LogP contribution in [0, 0.1) is 11.3 Å². The Morgan fingerprint density at radius 1 is 1.28 bits per heavy atom. The minimum absolute atomic E-state index is 0.515. The standard InChI is InChI=1S/C13H15NO3S/c1-13(2,18(3,16)17)12(15)11(9-14)10-7-5-4-6-8-10/h4-8,11H,1-3H3. The lowest BCUT2D eigenvalue weighted by atomic mass is 9.89. The smallest absolute Gasteiger partial charge is 0.175 e. The highest BCUT2D eigenvalue weighted by molar-refractivity contribution is 7.92. The molecule has 0 heterocycles. The Balaban J connectivity index is 3.22. The summed E-state index contributed by atoms with van der Waals surface area (Å²) in [4.78, 5) is 12.2. The van der Waals surface area contributed by atoms with Gasteiger partial charge in [0.25, 0.3) is 0 Å². The molecule has 4 nitrogen and oxygen atoms in total. The van der Waals surface area contributed by atoms with Crippen LogP contribution in [0.15, 0.2) is 30.3 Å². The van der Waals surface area contributed by atoms with E-state index < -0.39 is 26.3 Å². The van der Waals surface area contributed by atoms with Crippen molar-refractivity contribution in [3.8, 4) is 6.07 Å². The van der Waals surface area contributed by atoms with Crippen LogP contribution in [0.1, 0.15) is 25.3 Å². The fourth-order valence-electron chi connectivity index (χ4n) is 1.46. The summed E-state index contributed by atoms with van der Waals surface area (Å²) < 4.78 is 21.7. The zero-order valence-electron chi connectivity index (χ0n) is 10.5. The molecule has 5 heteroatoms. The van der Waals surface area contributed by atoms with Gasteiger partial charge in [0.15, 0.2) is 15.6 Å². The third-order valence-electron chi connectivity index (χ3n) is 3.04. The van der Waals surface area contributed by atoms with Gasteiger partial charge >= 0.3 is 0 Å². The molecule has 1 aromatic rings. The molecule has 0 aromatic heterocycles. The largest absolute Gasteiger partial charge is 0.296 e. The van der Waals surface area contributed by atoms with Crippen LogP contribution in [0.25, 0.3) is 0 Å². The number of nitriles is 1. The van der Waals surface area contributed by atoms with Crippen LogP contribution in [0.3, 0.4) is 0 Å². The van der Waals surface area contributed by atoms with Gasteiger partial charge in [-0.3, -0.25) is 4.79 Å². The molecule has 1 unspecified atom stereocenters. The number of Topliss-reactive ketones (excluding diaryl/α,β-unsaturated/α-hetero) is 1. The molecular formula is C13H15NO3S. The Labute approximate surface area is 107 Å². The summed E-state index contributed by atoms with van der Waals surface area (Å²) in [6.07, 6.45) is 1.00. The second-order valence-electron chi connectivity index (χ2n) is 4.62. The predicted octanol–water partition coefficient (Wildman–Crippen LogP) is 1.69. The summed E-state index contributed by atoms with van der Waals surface area (Å²) in [6.45, 7) is 2.66. The van der Waals surface area contributed by atoms with Gasteiger partial charge in [-0.1, -0.05) is 30.3 Å². The van der Waals surface area contributed by atoms with E-state index in [9.17, 15) is 13.2 Å². The number of carbonyl (C=O) groups is 1. The van der Waals surface area contributed by atoms with Crippen LogP contribution in [0.5, 0.6) is 0 Å². The summed E-state index contributed by atoms with van der Waals surface area (Å²) in [6, 6.07) is 10.4. The van der Waals surface area contributed by atoms with Crippen molar-refractivity contribution in [1.82, 2.24) is 0 Å². The van der Waals surface area contributed by atoms with Crippen LogP contribution < -0.4 is 0 Å². The van der Waals surface area contributed by atoms with Crippen LogP contribution >= 0.6 is 0 Å². The zero-order chi connectivity index (χ0) is 14.0. The Hall–Kier alpha value is -1.67. The van der Waals surface area contributed by atoms with E-state index in [1.807, 2.05) is 6.07 Å². The lowest BCUT2D eigenvalue weighted by Crippen LogP contribution is -2.42. The van der Waals surface area contributed by atoms with Gasteiger partial charge in [-0.15, -0.1) is 0 Å². The van der Waals surface area contributed by atoms with Gasteiger partial charge in [-0.05, 0) is 19.4 Å². The van der Waals surface area contributed by atoms with Gasteiger partial charge in [-0.25, -0.2) is 8.42 Å². The van der Waals surface area contributed by atoms with Crippen molar-refractivity contribution in [2.75, 3.05) is 6.26 Å². The summed E-state index contributed by atoms with van der Waals surface area (Å²) in [5.41, 5.74) is 0.515. The van der Waals surface area contributed by atoms with Crippen molar-refractivity contribution in [2.45, 2.75) is 24.5 Å². The van der Waals surface area contributed by atoms with Crippen molar-refractivity contribution in [3.05, 3.63) is 35.9 Å². The van der Waals surface area contributed by atoms with Gasteiger partial charge in [0.1, 0.15) is 10.7 Å². The SMILES string of the molecule is CC(C)(C(=O)C(C#N)c1ccccc1)S(C)(=O)=O. The highest BCUT2D eigenvalue weighted by Crippen LogP contribution is 2.26. The number of hydrogen-bond acceptors (Lipinski definition) is 4. The van der Waals surface area contributed by atoms with Gasteiger partial charge in [-0.2, -0.15) is 5.26 Å². The molecule has 0 fully saturated rings. The molecule has 96 valence electrons. The Morgan fingerprint density at radius 3 is 2.17 bits per heavy atom. The monoisotopic (exact) mass is 265 g/mol. The molecule has 0 radical (unpaired) electrons. The van der Waals surface area contributed by atoms with E-state index in [0.29, 0.717) is 5.56 Å². The van der Waals surface area contributed by atoms with E-state index in [2.05, 4.69) is 0 Å². The number of sulfone groups is 1. The van der Waals surface area contributed by atoms with Crippen molar-refractivity contribution in [1.29, 1.82) is 5.26 Å². The average Bonchev–Trinajstić information content (AvgIpc) is 2.29. The number of benzene rings is 1. The zero-order valence-corrected chi connectivity index (χ0v) is 11.4. The maximum Gasteiger partial charge on any atom is 0.175 e. The molecule has 1 aromatic carbocycles. The molecule has 0 aliphatic rings. The number of carbonyl (C=O) groups excluding carboxylic acids is 1. The highest BCUT2D eigenvalue weighted by atomic mass is 32.2. The first-order valence-electron chi connectivity index (χ1n) is 5.40. The molecule has 0 saturated carbocycles. The maximum atomic E-state index is 12.2. The van der Waals surface area contributed by atoms with E-state index in [4.69, 9.17) is 5.26 Å². The normalized spacial score (nSPS) is 13.7. The molecule has 1 atom stereocenters. The molecule has 0 bridgehead atoms. The van der Waals surface area contributed by atoms with E-state index >= 15 is 0 Å². The predicted molar refractivity (Wildman–Crippen MR) is 68.7 cm³/mol. The lowest BCUT2D eigenvalue weighted by molar-refractivity contribution is -0.121. The molecule has 0 N–H and O–H groups in total. The van der Waals surface area contributed by atoms with Gasteiger partial charge in [0.05, 0.1) is 6.07 Å². The van der Waals surface area contributed by atoms with Crippen LogP contribution in [0.2, 0.25) is 0 Å². The van der Waals surface area contributed by atoms with E-state index in [-0.39, 0.29) is 0 Å². The molecule has 0 saturated heterocycles. The minimum atomic E-state index is -3.57. The summed E-state index contributed by atoms with van der Waals surface area (Å²) in [7, 11) is -3.57. The molecule has 0 aliphatic heterocycles. The van der Waals surface area contributed by atoms with Crippen LogP contribution in [0.4, 0.5) is 0 Å². The van der Waals surface area contributed by atoms with Gasteiger partial charge in [0, 0.05) is 6.26 Å². The van der Waals surface area contributed by atoms with Crippen molar-refractivity contribution in [3.63, 3.8) is 0 Å². The number of ketones is 1. The molecule has 0 amide bonds. The molecular weight excluding hydrogens is 250 g/mol. The summed E-state index contributed by atoms with van der Waals surface area (Å²) in [5, 5.41) is 9.11. The topological polar surface area (TPSA) is 75.0 Å². The third-order valence-corrected chi connectivity index (χ3v) is 5.10. The second-order valence-corrected chi connectivity index (χ2v) is 7.18. The number of nitrogens with zero attached hydrogens (tertiary/aromatic N) is 1. The molecule has 0 spiro atoms. The highest BCUT2D eigenvalue weighted by Gasteiger charge is 2.42. The van der Waals surface area contributed by atoms with E-state index in [0.717, 1.165) is 6.26 Å². The minimum Gasteiger partial charge on any atom is -0.296 e. The molecule has 0 aliphatic carbocycles. The van der Waals surface area contributed by atoms with Gasteiger partial charge < -0.3 is 0 Å². The van der Waals surface area contributed by atoms with Crippen LogP contribution in [-0.2, 0) is 14.6 Å². The first-order chi connectivity index (χ1) is 8.21. The Morgan fingerprint density at radius 2 is 1.78 bits per heavy atom. The third kappa shape index (κ3) is 2.59. The van der Waals surface area contributed by atoms with Crippen molar-refractivity contribution < 1.29 is 13.2 Å². The van der Waals surface area contributed by atoms with E-state index in [1.54, 1.807) is 30.3 Å². The first-order valence-corrected chi connectivity index (χ1v) is 7.29. The Kier molecular flexibility index (Phi) is 3.92. The number of rotatable bonds is 4. The quantitative estimate of drug-likeness (QED) is 0.830. The van der Waals surface area contributed by atoms with Crippen molar-refractivity contribution >= 4 is 15.6 Å². The van der Waals surface area contributed by atoms with Gasteiger partial charge in [0.2, 0.25) is 0 Å². The van der Waals surface area contributed by atoms with Crippen LogP contribution in [-0.4, -0.2) is 25.2 Å². The average molecular weight is 265 g/mol. The number of hydrogen-bond donors (Lipinski definition) is 0. The lowest BCUT2D eigenvalue weighted by Gasteiger charge is -2.23.